The van der Waals surface area contributed by atoms with Crippen LogP contribution in [0, 0.1) is 0 Å². The van der Waals surface area contributed by atoms with Gasteiger partial charge in [0, 0.05) is 18.2 Å². The van der Waals surface area contributed by atoms with Crippen LogP contribution in [0.5, 0.6) is 0 Å². The number of benzodiazepines with no additional fused rings is 1. The molecule has 1 aliphatic rings. The second-order valence-electron chi connectivity index (χ2n) is 5.56. The van der Waals surface area contributed by atoms with Crippen molar-refractivity contribution in [1.29, 1.82) is 0 Å². The Morgan fingerprint density at radius 2 is 1.78 bits per heavy atom. The van der Waals surface area contributed by atoms with Gasteiger partial charge < -0.3 is 4.90 Å². The summed E-state index contributed by atoms with van der Waals surface area (Å²) < 4.78 is 0. The molecular weight excluding hydrogens is 304 g/mol. The van der Waals surface area contributed by atoms with Crippen molar-refractivity contribution in [3.63, 3.8) is 0 Å². The molecule has 1 atom stereocenters. The van der Waals surface area contributed by atoms with Gasteiger partial charge in [-0.15, -0.1) is 0 Å². The topological polar surface area (TPSA) is 32.7 Å². The largest absolute Gasteiger partial charge is 0.313 e. The number of likely N-dealkylation sites (N-methyl/N-ethyl adjacent to an activating group) is 1. The van der Waals surface area contributed by atoms with Crippen molar-refractivity contribution in [2.45, 2.75) is 12.5 Å². The summed E-state index contributed by atoms with van der Waals surface area (Å²) in [6, 6.07) is 17.8. The van der Waals surface area contributed by atoms with Gasteiger partial charge in [0.25, 0.3) is 5.91 Å². The Morgan fingerprint density at radius 1 is 1.09 bits per heavy atom. The molecule has 1 heterocycles. The van der Waals surface area contributed by atoms with Crippen molar-refractivity contribution in [3.8, 4) is 0 Å². The monoisotopic (exact) mass is 324 g/mol. The standard InChI is InChI=1S/C19H20N2OS/c1-21-17-11-7-6-10-15(17)18(14-8-4-3-5-9-14)20-16(19(21)22)12-13-23-2/h3-11,16H,12-13H2,1-2H3/t16-/m0/s1. The van der Waals surface area contributed by atoms with Gasteiger partial charge >= 0.3 is 0 Å². The van der Waals surface area contributed by atoms with Crippen LogP contribution >= 0.6 is 11.8 Å². The van der Waals surface area contributed by atoms with E-state index in [4.69, 9.17) is 4.99 Å². The van der Waals surface area contributed by atoms with Crippen LogP contribution in [0.25, 0.3) is 0 Å². The predicted molar refractivity (Wildman–Crippen MR) is 98.7 cm³/mol. The summed E-state index contributed by atoms with van der Waals surface area (Å²) in [7, 11) is 1.84. The van der Waals surface area contributed by atoms with Gasteiger partial charge in [0.2, 0.25) is 0 Å². The predicted octanol–water partition coefficient (Wildman–Crippen LogP) is 3.62. The maximum atomic E-state index is 12.8. The van der Waals surface area contributed by atoms with Gasteiger partial charge in [0.15, 0.2) is 0 Å². The van der Waals surface area contributed by atoms with Crippen LogP contribution in [-0.4, -0.2) is 36.7 Å². The zero-order valence-electron chi connectivity index (χ0n) is 13.4. The number of rotatable bonds is 4. The highest BCUT2D eigenvalue weighted by atomic mass is 32.2. The number of hydrogen-bond acceptors (Lipinski definition) is 3. The highest BCUT2D eigenvalue weighted by molar-refractivity contribution is 7.98. The Morgan fingerprint density at radius 3 is 2.52 bits per heavy atom. The first kappa shape index (κ1) is 15.8. The first-order valence-corrected chi connectivity index (χ1v) is 9.11. The molecule has 0 bridgehead atoms. The van der Waals surface area contributed by atoms with Crippen molar-refractivity contribution in [2.24, 2.45) is 4.99 Å². The van der Waals surface area contributed by atoms with Crippen LogP contribution < -0.4 is 4.90 Å². The number of carbonyl (C=O) groups is 1. The number of anilines is 1. The van der Waals surface area contributed by atoms with Crippen LogP contribution in [0.3, 0.4) is 0 Å². The number of thioether (sulfide) groups is 1. The number of amides is 1. The summed E-state index contributed by atoms with van der Waals surface area (Å²) in [5, 5.41) is 0. The lowest BCUT2D eigenvalue weighted by Gasteiger charge is -2.20. The van der Waals surface area contributed by atoms with E-state index in [9.17, 15) is 4.79 Å². The van der Waals surface area contributed by atoms with Gasteiger partial charge in [-0.2, -0.15) is 11.8 Å². The smallest absolute Gasteiger partial charge is 0.251 e. The Balaban J connectivity index is 2.14. The molecule has 3 rings (SSSR count). The van der Waals surface area contributed by atoms with E-state index in [1.807, 2.05) is 49.5 Å². The number of hydrogen-bond donors (Lipinski definition) is 0. The lowest BCUT2D eigenvalue weighted by Crippen LogP contribution is -2.35. The molecule has 0 radical (unpaired) electrons. The Labute approximate surface area is 141 Å². The van der Waals surface area contributed by atoms with Gasteiger partial charge in [-0.1, -0.05) is 48.5 Å². The first-order chi connectivity index (χ1) is 11.2. The summed E-state index contributed by atoms with van der Waals surface area (Å²) in [5.41, 5.74) is 3.90. The van der Waals surface area contributed by atoms with Crippen molar-refractivity contribution in [2.75, 3.05) is 24.0 Å². The molecular formula is C19H20N2OS. The molecule has 0 unspecified atom stereocenters. The quantitative estimate of drug-likeness (QED) is 0.860. The fourth-order valence-corrected chi connectivity index (χ4v) is 3.29. The highest BCUT2D eigenvalue weighted by Gasteiger charge is 2.29. The van der Waals surface area contributed by atoms with Crippen molar-refractivity contribution < 1.29 is 4.79 Å². The molecule has 4 heteroatoms. The van der Waals surface area contributed by atoms with E-state index in [1.165, 1.54) is 0 Å². The Hall–Kier alpha value is -2.07. The van der Waals surface area contributed by atoms with Gasteiger partial charge in [-0.05, 0) is 24.5 Å². The molecule has 3 nitrogen and oxygen atoms in total. The van der Waals surface area contributed by atoms with E-state index >= 15 is 0 Å². The van der Waals surface area contributed by atoms with E-state index in [2.05, 4.69) is 18.4 Å². The molecule has 0 N–H and O–H groups in total. The number of aliphatic imine (C=N–C) groups is 1. The van der Waals surface area contributed by atoms with Gasteiger partial charge in [0.1, 0.15) is 6.04 Å². The fourth-order valence-electron chi connectivity index (χ4n) is 2.83. The first-order valence-electron chi connectivity index (χ1n) is 7.71. The van der Waals surface area contributed by atoms with Gasteiger partial charge in [-0.3, -0.25) is 9.79 Å². The Kier molecular flexibility index (Phi) is 4.82. The third-order valence-electron chi connectivity index (χ3n) is 4.06. The highest BCUT2D eigenvalue weighted by Crippen LogP contribution is 2.28. The summed E-state index contributed by atoms with van der Waals surface area (Å²) in [6.07, 6.45) is 2.82. The van der Waals surface area contributed by atoms with Crippen LogP contribution in [0.1, 0.15) is 17.5 Å². The lowest BCUT2D eigenvalue weighted by atomic mass is 10.0. The average molecular weight is 324 g/mol. The third kappa shape index (κ3) is 3.17. The normalized spacial score (nSPS) is 17.5. The van der Waals surface area contributed by atoms with Crippen molar-refractivity contribution in [3.05, 3.63) is 65.7 Å². The molecule has 1 aliphatic heterocycles. The second kappa shape index (κ2) is 7.01. The molecule has 0 aromatic heterocycles. The molecule has 2 aromatic rings. The summed E-state index contributed by atoms with van der Waals surface area (Å²) >= 11 is 1.75. The zero-order chi connectivity index (χ0) is 16.2. The van der Waals surface area contributed by atoms with E-state index in [1.54, 1.807) is 16.7 Å². The van der Waals surface area contributed by atoms with E-state index in [0.717, 1.165) is 34.7 Å². The van der Waals surface area contributed by atoms with Crippen molar-refractivity contribution in [1.82, 2.24) is 0 Å². The van der Waals surface area contributed by atoms with Crippen LogP contribution in [0.15, 0.2) is 59.6 Å². The molecule has 2 aromatic carbocycles. The number of carbonyl (C=O) groups excluding carboxylic acids is 1. The second-order valence-corrected chi connectivity index (χ2v) is 6.54. The molecule has 0 fully saturated rings. The molecule has 0 spiro atoms. The van der Waals surface area contributed by atoms with Gasteiger partial charge in [0.05, 0.1) is 11.4 Å². The van der Waals surface area contributed by atoms with Gasteiger partial charge in [-0.25, -0.2) is 0 Å². The molecule has 0 aliphatic carbocycles. The maximum absolute atomic E-state index is 12.8. The summed E-state index contributed by atoms with van der Waals surface area (Å²) in [6.45, 7) is 0. The summed E-state index contributed by atoms with van der Waals surface area (Å²) in [5.74, 6) is 0.990. The molecule has 0 saturated carbocycles. The molecule has 23 heavy (non-hydrogen) atoms. The third-order valence-corrected chi connectivity index (χ3v) is 4.71. The van der Waals surface area contributed by atoms with Crippen molar-refractivity contribution >= 4 is 29.1 Å². The summed E-state index contributed by atoms with van der Waals surface area (Å²) in [4.78, 5) is 19.4. The number of para-hydroxylation sites is 1. The maximum Gasteiger partial charge on any atom is 0.251 e. The average Bonchev–Trinajstić information content (AvgIpc) is 2.71. The molecule has 1 amide bonds. The van der Waals surface area contributed by atoms with Crippen LogP contribution in [-0.2, 0) is 4.79 Å². The lowest BCUT2D eigenvalue weighted by molar-refractivity contribution is -0.119. The minimum atomic E-state index is -0.324. The number of nitrogens with zero attached hydrogens (tertiary/aromatic N) is 2. The molecule has 0 saturated heterocycles. The SMILES string of the molecule is CSCC[C@@H]1N=C(c2ccccc2)c2ccccc2N(C)C1=O. The van der Waals surface area contributed by atoms with E-state index in [0.29, 0.717) is 0 Å². The Bertz CT molecular complexity index is 727. The minimum absolute atomic E-state index is 0.0671. The number of fused-ring (bicyclic) bond motifs is 1. The minimum Gasteiger partial charge on any atom is -0.313 e. The fraction of sp³-hybridized carbons (Fsp3) is 0.263. The van der Waals surface area contributed by atoms with E-state index < -0.39 is 0 Å². The zero-order valence-corrected chi connectivity index (χ0v) is 14.2. The number of benzene rings is 2. The molecule has 118 valence electrons. The van der Waals surface area contributed by atoms with Crippen LogP contribution in [0.2, 0.25) is 0 Å². The van der Waals surface area contributed by atoms with Crippen LogP contribution in [0.4, 0.5) is 5.69 Å². The van der Waals surface area contributed by atoms with E-state index in [-0.39, 0.29) is 11.9 Å².